The van der Waals surface area contributed by atoms with Crippen LogP contribution in [0.4, 0.5) is 0 Å². The van der Waals surface area contributed by atoms with Crippen LogP contribution in [0, 0.1) is 6.92 Å². The maximum absolute atomic E-state index is 5.66. The van der Waals surface area contributed by atoms with Crippen LogP contribution in [0.2, 0.25) is 0 Å². The second-order valence-corrected chi connectivity index (χ2v) is 3.91. The number of hydrogen-bond donors (Lipinski definition) is 0. The predicted molar refractivity (Wildman–Crippen MR) is 61.5 cm³/mol. The Kier molecular flexibility index (Phi) is 1.78. The monoisotopic (exact) mass is 196 g/mol. The third-order valence-corrected chi connectivity index (χ3v) is 2.91. The first-order chi connectivity index (χ1) is 7.36. The van der Waals surface area contributed by atoms with Gasteiger partial charge >= 0.3 is 0 Å². The summed E-state index contributed by atoms with van der Waals surface area (Å²) in [4.78, 5) is 0. The summed E-state index contributed by atoms with van der Waals surface area (Å²) in [6.07, 6.45) is 10.3. The molecular formula is C14H12O. The second-order valence-electron chi connectivity index (χ2n) is 3.91. The topological polar surface area (TPSA) is 9.23 Å². The van der Waals surface area contributed by atoms with Gasteiger partial charge in [0.15, 0.2) is 0 Å². The van der Waals surface area contributed by atoms with Crippen molar-refractivity contribution in [3.8, 4) is 0 Å². The van der Waals surface area contributed by atoms with Gasteiger partial charge in [-0.15, -0.1) is 0 Å². The number of rotatable bonds is 0. The Hall–Kier alpha value is -1.76. The summed E-state index contributed by atoms with van der Waals surface area (Å²) in [7, 11) is 0. The van der Waals surface area contributed by atoms with E-state index >= 15 is 0 Å². The molecule has 1 unspecified atom stereocenters. The summed E-state index contributed by atoms with van der Waals surface area (Å²) >= 11 is 0. The summed E-state index contributed by atoms with van der Waals surface area (Å²) < 4.78 is 5.66. The summed E-state index contributed by atoms with van der Waals surface area (Å²) in [5, 5.41) is 2.51. The van der Waals surface area contributed by atoms with Crippen molar-refractivity contribution in [1.82, 2.24) is 0 Å². The molecule has 1 heteroatoms. The van der Waals surface area contributed by atoms with E-state index in [-0.39, 0.29) is 6.10 Å². The van der Waals surface area contributed by atoms with Gasteiger partial charge in [0.2, 0.25) is 0 Å². The zero-order chi connectivity index (χ0) is 10.3. The van der Waals surface area contributed by atoms with Gasteiger partial charge in [-0.2, -0.15) is 0 Å². The van der Waals surface area contributed by atoms with Crippen molar-refractivity contribution < 1.29 is 4.74 Å². The van der Waals surface area contributed by atoms with Gasteiger partial charge in [-0.3, -0.25) is 0 Å². The van der Waals surface area contributed by atoms with Gasteiger partial charge in [-0.05, 0) is 23.8 Å². The van der Waals surface area contributed by atoms with Crippen LogP contribution in [0.25, 0.3) is 11.8 Å². The van der Waals surface area contributed by atoms with E-state index in [4.69, 9.17) is 4.74 Å². The Bertz CT molecular complexity index is 576. The van der Waals surface area contributed by atoms with Crippen LogP contribution in [0.15, 0.2) is 42.5 Å². The fourth-order valence-corrected chi connectivity index (χ4v) is 2.20. The minimum absolute atomic E-state index is 0.101. The minimum atomic E-state index is 0.101. The molecule has 1 nitrogen and oxygen atoms in total. The van der Waals surface area contributed by atoms with E-state index < -0.39 is 0 Å². The number of ether oxygens (including phenoxy) is 1. The highest BCUT2D eigenvalue weighted by atomic mass is 16.5. The largest absolute Gasteiger partial charge is 0.489 e. The van der Waals surface area contributed by atoms with E-state index in [1.54, 1.807) is 0 Å². The number of aryl methyl sites for hydroxylation is 1. The molecule has 0 saturated heterocycles. The first-order valence-corrected chi connectivity index (χ1v) is 5.16. The summed E-state index contributed by atoms with van der Waals surface area (Å²) in [5.74, 6) is 0. The number of hydrogen-bond acceptors (Lipinski definition) is 1. The zero-order valence-corrected chi connectivity index (χ0v) is 8.60. The van der Waals surface area contributed by atoms with Crippen LogP contribution in [-0.4, -0.2) is 6.10 Å². The maximum Gasteiger partial charge on any atom is 0.142 e. The van der Waals surface area contributed by atoms with Crippen LogP contribution >= 0.6 is 0 Å². The molecule has 1 aliphatic carbocycles. The predicted octanol–water partition coefficient (Wildman–Crippen LogP) is 1.41. The molecule has 1 heterocycles. The standard InChI is InChI=1S/C14H12O/c1-10-5-4-6-11-9-15-13-8-3-2-7-12(13)14(10)11/h2-9,13H,1H3. The molecule has 3 rings (SSSR count). The SMILES string of the molecule is Cc1cccc2c1=C1C=CC=CC1OC=2. The van der Waals surface area contributed by atoms with E-state index in [0.717, 1.165) is 0 Å². The Balaban J connectivity index is 2.45. The van der Waals surface area contributed by atoms with Gasteiger partial charge in [0, 0.05) is 10.8 Å². The Labute approximate surface area is 88.7 Å². The van der Waals surface area contributed by atoms with Crippen LogP contribution in [-0.2, 0) is 4.74 Å². The number of benzene rings is 1. The lowest BCUT2D eigenvalue weighted by Crippen LogP contribution is -2.37. The van der Waals surface area contributed by atoms with Crippen molar-refractivity contribution in [2.75, 3.05) is 0 Å². The fraction of sp³-hybridized carbons (Fsp3) is 0.143. The normalized spacial score (nSPS) is 21.4. The van der Waals surface area contributed by atoms with Gasteiger partial charge < -0.3 is 4.74 Å². The summed E-state index contributed by atoms with van der Waals surface area (Å²) in [6, 6.07) is 6.31. The Morgan fingerprint density at radius 2 is 2.13 bits per heavy atom. The average molecular weight is 196 g/mol. The van der Waals surface area contributed by atoms with Gasteiger partial charge in [0.05, 0.1) is 6.26 Å². The molecule has 0 spiro atoms. The van der Waals surface area contributed by atoms with E-state index in [9.17, 15) is 0 Å². The summed E-state index contributed by atoms with van der Waals surface area (Å²) in [5.41, 5.74) is 2.58. The molecule has 2 aliphatic rings. The van der Waals surface area contributed by atoms with Crippen molar-refractivity contribution >= 4 is 11.8 Å². The minimum Gasteiger partial charge on any atom is -0.489 e. The Morgan fingerprint density at radius 3 is 3.07 bits per heavy atom. The molecule has 1 aromatic rings. The van der Waals surface area contributed by atoms with E-state index in [1.165, 1.54) is 21.6 Å². The van der Waals surface area contributed by atoms with Crippen LogP contribution in [0.5, 0.6) is 0 Å². The van der Waals surface area contributed by atoms with Crippen molar-refractivity contribution in [2.24, 2.45) is 0 Å². The van der Waals surface area contributed by atoms with Gasteiger partial charge in [0.1, 0.15) is 6.10 Å². The zero-order valence-electron chi connectivity index (χ0n) is 8.60. The second kappa shape index (κ2) is 3.13. The van der Waals surface area contributed by atoms with Crippen molar-refractivity contribution in [3.63, 3.8) is 0 Å². The van der Waals surface area contributed by atoms with Crippen molar-refractivity contribution in [1.29, 1.82) is 0 Å². The first-order valence-electron chi connectivity index (χ1n) is 5.16. The van der Waals surface area contributed by atoms with Gasteiger partial charge in [0.25, 0.3) is 0 Å². The lowest BCUT2D eigenvalue weighted by atomic mass is 9.97. The van der Waals surface area contributed by atoms with Gasteiger partial charge in [-0.25, -0.2) is 0 Å². The van der Waals surface area contributed by atoms with Crippen LogP contribution in [0.1, 0.15) is 5.56 Å². The lowest BCUT2D eigenvalue weighted by molar-refractivity contribution is 0.275. The molecule has 0 aromatic heterocycles. The van der Waals surface area contributed by atoms with Crippen molar-refractivity contribution in [2.45, 2.75) is 13.0 Å². The molecule has 0 saturated carbocycles. The fourth-order valence-electron chi connectivity index (χ4n) is 2.20. The molecule has 0 amide bonds. The molecule has 1 aromatic carbocycles. The number of allylic oxidation sites excluding steroid dienone is 2. The molecular weight excluding hydrogens is 184 g/mol. The Morgan fingerprint density at radius 1 is 1.20 bits per heavy atom. The lowest BCUT2D eigenvalue weighted by Gasteiger charge is -2.21. The quantitative estimate of drug-likeness (QED) is 0.609. The van der Waals surface area contributed by atoms with E-state index in [2.05, 4.69) is 43.4 Å². The molecule has 74 valence electrons. The molecule has 0 N–H and O–H groups in total. The first kappa shape index (κ1) is 8.54. The highest BCUT2D eigenvalue weighted by Gasteiger charge is 2.16. The highest BCUT2D eigenvalue weighted by molar-refractivity contribution is 5.68. The molecule has 1 atom stereocenters. The average Bonchev–Trinajstić information content (AvgIpc) is 2.29. The van der Waals surface area contributed by atoms with E-state index in [1.807, 2.05) is 12.3 Å². The van der Waals surface area contributed by atoms with Gasteiger partial charge in [-0.1, -0.05) is 36.4 Å². The maximum atomic E-state index is 5.66. The third kappa shape index (κ3) is 1.23. The third-order valence-electron chi connectivity index (χ3n) is 2.91. The molecule has 0 radical (unpaired) electrons. The summed E-state index contributed by atoms with van der Waals surface area (Å²) in [6.45, 7) is 2.15. The number of fused-ring (bicyclic) bond motifs is 2. The van der Waals surface area contributed by atoms with E-state index in [0.29, 0.717) is 0 Å². The smallest absolute Gasteiger partial charge is 0.142 e. The van der Waals surface area contributed by atoms with Crippen LogP contribution in [0.3, 0.4) is 0 Å². The molecule has 0 fully saturated rings. The molecule has 0 bridgehead atoms. The molecule has 1 aliphatic heterocycles. The van der Waals surface area contributed by atoms with Crippen LogP contribution < -0.4 is 10.4 Å². The van der Waals surface area contributed by atoms with Crippen molar-refractivity contribution in [3.05, 3.63) is 58.5 Å². The molecule has 15 heavy (non-hydrogen) atoms. The highest BCUT2D eigenvalue weighted by Crippen LogP contribution is 2.16.